The minimum Gasteiger partial charge on any atom is -0.493 e. The van der Waals surface area contributed by atoms with Crippen LogP contribution in [-0.2, 0) is 6.54 Å². The molecule has 0 saturated carbocycles. The SMILES string of the molecule is COc1ccc(CNC(=O)c2cccnc2Oc2ccc(Br)cc2)cc1OC. The molecule has 0 aliphatic carbocycles. The van der Waals surface area contributed by atoms with Gasteiger partial charge < -0.3 is 19.5 Å². The van der Waals surface area contributed by atoms with Crippen LogP contribution in [0.4, 0.5) is 0 Å². The molecule has 2 aromatic carbocycles. The minimum absolute atomic E-state index is 0.245. The van der Waals surface area contributed by atoms with Crippen LogP contribution in [0.3, 0.4) is 0 Å². The van der Waals surface area contributed by atoms with Gasteiger partial charge in [-0.2, -0.15) is 0 Å². The van der Waals surface area contributed by atoms with Crippen LogP contribution in [0, 0.1) is 0 Å². The van der Waals surface area contributed by atoms with Gasteiger partial charge in [0.15, 0.2) is 11.5 Å². The first-order chi connectivity index (χ1) is 13.6. The topological polar surface area (TPSA) is 69.7 Å². The van der Waals surface area contributed by atoms with E-state index in [0.717, 1.165) is 10.0 Å². The highest BCUT2D eigenvalue weighted by molar-refractivity contribution is 9.10. The monoisotopic (exact) mass is 442 g/mol. The van der Waals surface area contributed by atoms with Crippen LogP contribution in [-0.4, -0.2) is 25.1 Å². The average Bonchev–Trinajstić information content (AvgIpc) is 2.73. The number of carbonyl (C=O) groups is 1. The molecule has 0 spiro atoms. The summed E-state index contributed by atoms with van der Waals surface area (Å²) >= 11 is 3.38. The second-order valence-electron chi connectivity index (χ2n) is 5.78. The smallest absolute Gasteiger partial charge is 0.257 e. The largest absolute Gasteiger partial charge is 0.493 e. The molecule has 144 valence electrons. The summed E-state index contributed by atoms with van der Waals surface area (Å²) < 4.78 is 17.2. The van der Waals surface area contributed by atoms with Gasteiger partial charge in [-0.1, -0.05) is 22.0 Å². The lowest BCUT2D eigenvalue weighted by Gasteiger charge is -2.12. The van der Waals surface area contributed by atoms with Crippen LogP contribution in [0.25, 0.3) is 0 Å². The number of nitrogens with zero attached hydrogens (tertiary/aromatic N) is 1. The lowest BCUT2D eigenvalue weighted by molar-refractivity contribution is 0.0948. The van der Waals surface area contributed by atoms with Gasteiger partial charge in [-0.05, 0) is 54.1 Å². The molecule has 6 nitrogen and oxygen atoms in total. The predicted molar refractivity (Wildman–Crippen MR) is 109 cm³/mol. The third kappa shape index (κ3) is 4.80. The van der Waals surface area contributed by atoms with Crippen molar-refractivity contribution in [2.75, 3.05) is 14.2 Å². The standard InChI is InChI=1S/C21H19BrN2O4/c1-26-18-10-5-14(12-19(18)27-2)13-24-20(25)17-4-3-11-23-21(17)28-16-8-6-15(22)7-9-16/h3-12H,13H2,1-2H3,(H,24,25). The number of amides is 1. The Bertz CT molecular complexity index is 961. The van der Waals surface area contributed by atoms with Crippen LogP contribution < -0.4 is 19.5 Å². The Morgan fingerprint density at radius 2 is 1.79 bits per heavy atom. The number of rotatable bonds is 7. The van der Waals surface area contributed by atoms with Crippen molar-refractivity contribution in [3.05, 3.63) is 76.4 Å². The summed E-state index contributed by atoms with van der Waals surface area (Å²) in [5.74, 6) is 1.80. The average molecular weight is 443 g/mol. The third-order valence-electron chi connectivity index (χ3n) is 3.94. The number of aromatic nitrogens is 1. The molecule has 3 rings (SSSR count). The van der Waals surface area contributed by atoms with E-state index in [0.29, 0.717) is 29.4 Å². The number of nitrogens with one attached hydrogen (secondary N) is 1. The van der Waals surface area contributed by atoms with E-state index in [1.165, 1.54) is 0 Å². The normalized spacial score (nSPS) is 10.2. The molecule has 0 aliphatic heterocycles. The number of hydrogen-bond acceptors (Lipinski definition) is 5. The number of pyridine rings is 1. The summed E-state index contributed by atoms with van der Waals surface area (Å²) in [5, 5.41) is 2.88. The van der Waals surface area contributed by atoms with Crippen LogP contribution in [0.5, 0.6) is 23.1 Å². The van der Waals surface area contributed by atoms with E-state index in [1.54, 1.807) is 50.7 Å². The molecule has 1 amide bonds. The Morgan fingerprint density at radius 3 is 2.50 bits per heavy atom. The number of benzene rings is 2. The second-order valence-corrected chi connectivity index (χ2v) is 6.70. The Balaban J connectivity index is 1.72. The molecule has 0 atom stereocenters. The van der Waals surface area contributed by atoms with Crippen molar-refractivity contribution in [2.24, 2.45) is 0 Å². The zero-order chi connectivity index (χ0) is 19.9. The molecule has 7 heteroatoms. The third-order valence-corrected chi connectivity index (χ3v) is 4.47. The maximum atomic E-state index is 12.7. The number of carbonyl (C=O) groups excluding carboxylic acids is 1. The van der Waals surface area contributed by atoms with Gasteiger partial charge in [0.2, 0.25) is 5.88 Å². The van der Waals surface area contributed by atoms with Gasteiger partial charge in [-0.15, -0.1) is 0 Å². The maximum Gasteiger partial charge on any atom is 0.257 e. The lowest BCUT2D eigenvalue weighted by atomic mass is 10.2. The molecule has 0 saturated heterocycles. The van der Waals surface area contributed by atoms with Crippen molar-refractivity contribution in [2.45, 2.75) is 6.54 Å². The fourth-order valence-corrected chi connectivity index (χ4v) is 2.79. The molecular weight excluding hydrogens is 424 g/mol. The molecule has 0 fully saturated rings. The van der Waals surface area contributed by atoms with E-state index in [1.807, 2.05) is 24.3 Å². The summed E-state index contributed by atoms with van der Waals surface area (Å²) in [7, 11) is 3.15. The first-order valence-electron chi connectivity index (χ1n) is 8.48. The summed E-state index contributed by atoms with van der Waals surface area (Å²) in [6, 6.07) is 16.2. The lowest BCUT2D eigenvalue weighted by Crippen LogP contribution is -2.23. The molecule has 1 N–H and O–H groups in total. The van der Waals surface area contributed by atoms with E-state index in [4.69, 9.17) is 14.2 Å². The van der Waals surface area contributed by atoms with Gasteiger partial charge in [0.05, 0.1) is 14.2 Å². The maximum absolute atomic E-state index is 12.7. The molecular formula is C21H19BrN2O4. The van der Waals surface area contributed by atoms with Gasteiger partial charge in [0.25, 0.3) is 5.91 Å². The Hall–Kier alpha value is -3.06. The molecule has 0 unspecified atom stereocenters. The number of ether oxygens (including phenoxy) is 3. The van der Waals surface area contributed by atoms with Gasteiger partial charge in [-0.3, -0.25) is 4.79 Å². The van der Waals surface area contributed by atoms with E-state index in [-0.39, 0.29) is 11.8 Å². The summed E-state index contributed by atoms with van der Waals surface area (Å²) in [5.41, 5.74) is 1.23. The second kappa shape index (κ2) is 9.23. The van der Waals surface area contributed by atoms with Crippen LogP contribution in [0.1, 0.15) is 15.9 Å². The highest BCUT2D eigenvalue weighted by Crippen LogP contribution is 2.28. The van der Waals surface area contributed by atoms with E-state index < -0.39 is 0 Å². The van der Waals surface area contributed by atoms with Crippen molar-refractivity contribution < 1.29 is 19.0 Å². The minimum atomic E-state index is -0.282. The van der Waals surface area contributed by atoms with Crippen molar-refractivity contribution >= 4 is 21.8 Å². The highest BCUT2D eigenvalue weighted by Gasteiger charge is 2.14. The molecule has 3 aromatic rings. The van der Waals surface area contributed by atoms with Crippen molar-refractivity contribution in [1.82, 2.24) is 10.3 Å². The molecule has 0 bridgehead atoms. The van der Waals surface area contributed by atoms with E-state index in [9.17, 15) is 4.79 Å². The predicted octanol–water partition coefficient (Wildman–Crippen LogP) is 4.58. The van der Waals surface area contributed by atoms with Crippen LogP contribution in [0.2, 0.25) is 0 Å². The Morgan fingerprint density at radius 1 is 1.04 bits per heavy atom. The fourth-order valence-electron chi connectivity index (χ4n) is 2.53. The molecule has 0 aliphatic rings. The first-order valence-corrected chi connectivity index (χ1v) is 9.27. The zero-order valence-electron chi connectivity index (χ0n) is 15.4. The summed E-state index contributed by atoms with van der Waals surface area (Å²) in [4.78, 5) is 16.9. The number of methoxy groups -OCH3 is 2. The fraction of sp³-hybridized carbons (Fsp3) is 0.143. The number of hydrogen-bond donors (Lipinski definition) is 1. The molecule has 1 aromatic heterocycles. The van der Waals surface area contributed by atoms with E-state index in [2.05, 4.69) is 26.2 Å². The van der Waals surface area contributed by atoms with E-state index >= 15 is 0 Å². The zero-order valence-corrected chi connectivity index (χ0v) is 17.0. The van der Waals surface area contributed by atoms with Crippen molar-refractivity contribution in [3.8, 4) is 23.1 Å². The van der Waals surface area contributed by atoms with Crippen molar-refractivity contribution in [1.29, 1.82) is 0 Å². The van der Waals surface area contributed by atoms with Crippen LogP contribution >= 0.6 is 15.9 Å². The van der Waals surface area contributed by atoms with Gasteiger partial charge >= 0.3 is 0 Å². The molecule has 1 heterocycles. The quantitative estimate of drug-likeness (QED) is 0.579. The Kier molecular flexibility index (Phi) is 6.49. The van der Waals surface area contributed by atoms with Gasteiger partial charge in [0.1, 0.15) is 11.3 Å². The van der Waals surface area contributed by atoms with Crippen molar-refractivity contribution in [3.63, 3.8) is 0 Å². The van der Waals surface area contributed by atoms with Gasteiger partial charge in [0, 0.05) is 17.2 Å². The first kappa shape index (κ1) is 19.7. The summed E-state index contributed by atoms with van der Waals surface area (Å²) in [6.07, 6.45) is 1.58. The summed E-state index contributed by atoms with van der Waals surface area (Å²) in [6.45, 7) is 0.325. The number of halogens is 1. The van der Waals surface area contributed by atoms with Gasteiger partial charge in [-0.25, -0.2) is 4.98 Å². The van der Waals surface area contributed by atoms with Crippen LogP contribution in [0.15, 0.2) is 65.3 Å². The Labute approximate surface area is 171 Å². The molecule has 28 heavy (non-hydrogen) atoms. The molecule has 0 radical (unpaired) electrons. The highest BCUT2D eigenvalue weighted by atomic mass is 79.9.